The lowest BCUT2D eigenvalue weighted by molar-refractivity contribution is 0.560. The first kappa shape index (κ1) is 17.1. The number of halogens is 3. The lowest BCUT2D eigenvalue weighted by Crippen LogP contribution is -2.18. The molecule has 0 atom stereocenters. The SMILES string of the molecule is Cc1c(Cc2c(F)cccc2F)nc(Nc2ccc(Cl)cc2)[nH]c1=O. The summed E-state index contributed by atoms with van der Waals surface area (Å²) in [7, 11) is 0. The Hall–Kier alpha value is -2.73. The molecule has 0 spiro atoms. The smallest absolute Gasteiger partial charge is 0.255 e. The summed E-state index contributed by atoms with van der Waals surface area (Å²) in [5.74, 6) is -1.16. The van der Waals surface area contributed by atoms with Gasteiger partial charge in [-0.2, -0.15) is 0 Å². The van der Waals surface area contributed by atoms with E-state index in [2.05, 4.69) is 15.3 Å². The Bertz CT molecular complexity index is 951. The van der Waals surface area contributed by atoms with Gasteiger partial charge in [-0.1, -0.05) is 17.7 Å². The number of aromatic amines is 1. The predicted octanol–water partition coefficient (Wildman–Crippen LogP) is 4.34. The van der Waals surface area contributed by atoms with Crippen LogP contribution in [-0.2, 0) is 6.42 Å². The van der Waals surface area contributed by atoms with E-state index in [0.717, 1.165) is 0 Å². The summed E-state index contributed by atoms with van der Waals surface area (Å²) in [6, 6.07) is 10.5. The van der Waals surface area contributed by atoms with Crippen LogP contribution in [0.3, 0.4) is 0 Å². The molecule has 0 bridgehead atoms. The first-order valence-corrected chi connectivity index (χ1v) is 7.87. The molecule has 128 valence electrons. The number of nitrogens with zero attached hydrogens (tertiary/aromatic N) is 1. The first-order chi connectivity index (χ1) is 11.9. The number of hydrogen-bond donors (Lipinski definition) is 2. The van der Waals surface area contributed by atoms with E-state index < -0.39 is 11.6 Å². The van der Waals surface area contributed by atoms with Gasteiger partial charge in [-0.05, 0) is 43.3 Å². The summed E-state index contributed by atoms with van der Waals surface area (Å²) >= 11 is 5.83. The van der Waals surface area contributed by atoms with Crippen molar-refractivity contribution in [3.63, 3.8) is 0 Å². The van der Waals surface area contributed by atoms with Crippen molar-refractivity contribution in [1.29, 1.82) is 0 Å². The summed E-state index contributed by atoms with van der Waals surface area (Å²) in [6.07, 6.45) is -0.121. The monoisotopic (exact) mass is 361 g/mol. The van der Waals surface area contributed by atoms with Gasteiger partial charge in [0.15, 0.2) is 0 Å². The van der Waals surface area contributed by atoms with Gasteiger partial charge in [-0.25, -0.2) is 13.8 Å². The van der Waals surface area contributed by atoms with E-state index in [1.54, 1.807) is 31.2 Å². The highest BCUT2D eigenvalue weighted by Crippen LogP contribution is 2.19. The molecule has 0 amide bonds. The molecule has 0 aliphatic rings. The largest absolute Gasteiger partial charge is 0.326 e. The number of hydrogen-bond acceptors (Lipinski definition) is 3. The van der Waals surface area contributed by atoms with Gasteiger partial charge in [-0.15, -0.1) is 0 Å². The van der Waals surface area contributed by atoms with Crippen molar-refractivity contribution >= 4 is 23.2 Å². The number of rotatable bonds is 4. The Kier molecular flexibility index (Phi) is 4.81. The van der Waals surface area contributed by atoms with Crippen molar-refractivity contribution in [3.8, 4) is 0 Å². The van der Waals surface area contributed by atoms with E-state index in [-0.39, 0.29) is 23.5 Å². The van der Waals surface area contributed by atoms with Crippen LogP contribution < -0.4 is 10.9 Å². The third-order valence-electron chi connectivity index (χ3n) is 3.77. The van der Waals surface area contributed by atoms with Gasteiger partial charge in [-0.3, -0.25) is 9.78 Å². The maximum atomic E-state index is 13.9. The van der Waals surface area contributed by atoms with E-state index in [0.29, 0.717) is 22.0 Å². The average molecular weight is 362 g/mol. The molecule has 7 heteroatoms. The molecule has 0 unspecified atom stereocenters. The van der Waals surface area contributed by atoms with Gasteiger partial charge in [0.25, 0.3) is 5.56 Å². The van der Waals surface area contributed by atoms with Gasteiger partial charge in [0, 0.05) is 28.3 Å². The Balaban J connectivity index is 1.96. The van der Waals surface area contributed by atoms with Crippen molar-refractivity contribution in [2.24, 2.45) is 0 Å². The second-order valence-electron chi connectivity index (χ2n) is 5.50. The molecular formula is C18H14ClF2N3O. The topological polar surface area (TPSA) is 57.8 Å². The highest BCUT2D eigenvalue weighted by molar-refractivity contribution is 6.30. The van der Waals surface area contributed by atoms with Crippen LogP contribution in [0.25, 0.3) is 0 Å². The summed E-state index contributed by atoms with van der Waals surface area (Å²) in [5, 5.41) is 3.52. The molecule has 1 heterocycles. The van der Waals surface area contributed by atoms with E-state index in [1.807, 2.05) is 0 Å². The minimum absolute atomic E-state index is 0.121. The van der Waals surface area contributed by atoms with Crippen LogP contribution in [0.5, 0.6) is 0 Å². The minimum Gasteiger partial charge on any atom is -0.326 e. The zero-order valence-electron chi connectivity index (χ0n) is 13.2. The number of benzene rings is 2. The van der Waals surface area contributed by atoms with Crippen molar-refractivity contribution < 1.29 is 8.78 Å². The molecule has 4 nitrogen and oxygen atoms in total. The Morgan fingerprint density at radius 3 is 2.40 bits per heavy atom. The maximum Gasteiger partial charge on any atom is 0.255 e. The van der Waals surface area contributed by atoms with Gasteiger partial charge in [0.1, 0.15) is 11.6 Å². The fourth-order valence-corrected chi connectivity index (χ4v) is 2.48. The van der Waals surface area contributed by atoms with E-state index in [1.165, 1.54) is 18.2 Å². The molecule has 0 aliphatic carbocycles. The summed E-state index contributed by atoms with van der Waals surface area (Å²) in [6.45, 7) is 1.56. The van der Waals surface area contributed by atoms with Crippen LogP contribution in [0.4, 0.5) is 20.4 Å². The van der Waals surface area contributed by atoms with Crippen molar-refractivity contribution in [1.82, 2.24) is 9.97 Å². The van der Waals surface area contributed by atoms with Crippen LogP contribution >= 0.6 is 11.6 Å². The van der Waals surface area contributed by atoms with Crippen LogP contribution in [0.2, 0.25) is 5.02 Å². The third kappa shape index (κ3) is 3.85. The molecular weight excluding hydrogens is 348 g/mol. The zero-order valence-corrected chi connectivity index (χ0v) is 14.0. The number of nitrogens with one attached hydrogen (secondary N) is 2. The molecule has 25 heavy (non-hydrogen) atoms. The lowest BCUT2D eigenvalue weighted by atomic mass is 10.1. The summed E-state index contributed by atoms with van der Waals surface area (Å²) < 4.78 is 27.7. The molecule has 3 rings (SSSR count). The van der Waals surface area contributed by atoms with Crippen LogP contribution in [0.1, 0.15) is 16.8 Å². The van der Waals surface area contributed by atoms with Crippen LogP contribution in [-0.4, -0.2) is 9.97 Å². The van der Waals surface area contributed by atoms with Crippen molar-refractivity contribution in [3.05, 3.63) is 86.3 Å². The highest BCUT2D eigenvalue weighted by Gasteiger charge is 2.14. The Morgan fingerprint density at radius 2 is 1.76 bits per heavy atom. The number of H-pyrrole nitrogens is 1. The molecule has 2 aromatic carbocycles. The minimum atomic E-state index is -0.673. The second kappa shape index (κ2) is 7.03. The number of anilines is 2. The molecule has 0 aliphatic heterocycles. The molecule has 0 radical (unpaired) electrons. The van der Waals surface area contributed by atoms with Gasteiger partial charge < -0.3 is 5.32 Å². The zero-order chi connectivity index (χ0) is 18.0. The Morgan fingerprint density at radius 1 is 1.12 bits per heavy atom. The maximum absolute atomic E-state index is 13.9. The highest BCUT2D eigenvalue weighted by atomic mass is 35.5. The molecule has 1 aromatic heterocycles. The molecule has 3 aromatic rings. The summed E-state index contributed by atoms with van der Waals surface area (Å²) in [4.78, 5) is 19.0. The van der Waals surface area contributed by atoms with Gasteiger partial charge in [0.2, 0.25) is 5.95 Å². The fourth-order valence-electron chi connectivity index (χ4n) is 2.35. The molecule has 0 fully saturated rings. The van der Waals surface area contributed by atoms with Crippen LogP contribution in [0, 0.1) is 18.6 Å². The molecule has 0 saturated carbocycles. The second-order valence-corrected chi connectivity index (χ2v) is 5.93. The lowest BCUT2D eigenvalue weighted by Gasteiger charge is -2.10. The Labute approximate surface area is 147 Å². The predicted molar refractivity (Wildman–Crippen MR) is 93.5 cm³/mol. The first-order valence-electron chi connectivity index (χ1n) is 7.49. The quantitative estimate of drug-likeness (QED) is 0.726. The fraction of sp³-hybridized carbons (Fsp3) is 0.111. The van der Waals surface area contributed by atoms with E-state index in [4.69, 9.17) is 11.6 Å². The van der Waals surface area contributed by atoms with Crippen molar-refractivity contribution in [2.75, 3.05) is 5.32 Å². The average Bonchev–Trinajstić information content (AvgIpc) is 2.57. The standard InChI is InChI=1S/C18H14ClF2N3O/c1-10-16(9-13-14(20)3-2-4-15(13)21)23-18(24-17(10)25)22-12-7-5-11(19)6-8-12/h2-8H,9H2,1H3,(H2,22,23,24,25). The van der Waals surface area contributed by atoms with Gasteiger partial charge >= 0.3 is 0 Å². The summed E-state index contributed by atoms with van der Waals surface area (Å²) in [5.41, 5.74) is 0.771. The van der Waals surface area contributed by atoms with Gasteiger partial charge in [0.05, 0.1) is 5.69 Å². The van der Waals surface area contributed by atoms with Crippen molar-refractivity contribution in [2.45, 2.75) is 13.3 Å². The third-order valence-corrected chi connectivity index (χ3v) is 4.02. The molecule has 2 N–H and O–H groups in total. The molecule has 0 saturated heterocycles. The normalized spacial score (nSPS) is 10.7. The van der Waals surface area contributed by atoms with E-state index >= 15 is 0 Å². The number of aromatic nitrogens is 2. The van der Waals surface area contributed by atoms with E-state index in [9.17, 15) is 13.6 Å². The van der Waals surface area contributed by atoms with Crippen LogP contribution in [0.15, 0.2) is 47.3 Å².